The fraction of sp³-hybridized carbons (Fsp3) is 0.571. The van der Waals surface area contributed by atoms with E-state index in [0.29, 0.717) is 0 Å². The lowest BCUT2D eigenvalue weighted by atomic mass is 10.1. The van der Waals surface area contributed by atoms with Crippen molar-refractivity contribution in [1.82, 2.24) is 9.80 Å². The molecule has 7 heteroatoms. The molecule has 2 amide bonds. The third-order valence-corrected chi connectivity index (χ3v) is 3.94. The smallest absolute Gasteiger partial charge is 0.411 e. The normalized spacial score (nSPS) is 16.6. The number of carbonyl (C=O) groups is 3. The second-order valence-electron chi connectivity index (χ2n) is 7.29. The van der Waals surface area contributed by atoms with Gasteiger partial charge in [0.25, 0.3) is 0 Å². The number of carbonyl (C=O) groups excluding carboxylic acids is 3. The van der Waals surface area contributed by atoms with Gasteiger partial charge in [-0.1, -0.05) is 44.2 Å². The first-order chi connectivity index (χ1) is 13.2. The van der Waals surface area contributed by atoms with E-state index in [2.05, 4.69) is 0 Å². The summed E-state index contributed by atoms with van der Waals surface area (Å²) >= 11 is 0. The van der Waals surface area contributed by atoms with Gasteiger partial charge in [0.15, 0.2) is 5.78 Å². The Bertz CT molecular complexity index is 655. The van der Waals surface area contributed by atoms with Crippen LogP contribution < -0.4 is 0 Å². The van der Waals surface area contributed by atoms with Crippen LogP contribution in [0.1, 0.15) is 47.1 Å². The van der Waals surface area contributed by atoms with E-state index in [4.69, 9.17) is 9.47 Å². The minimum atomic E-state index is -0.733. The van der Waals surface area contributed by atoms with Gasteiger partial charge in [0.2, 0.25) is 0 Å². The molecular weight excluding hydrogens is 360 g/mol. The van der Waals surface area contributed by atoms with Crippen LogP contribution in [0.15, 0.2) is 30.3 Å². The van der Waals surface area contributed by atoms with E-state index in [1.165, 1.54) is 16.7 Å². The molecule has 1 aliphatic heterocycles. The number of Topliss-reactive ketones (excluding diaryl/α,β-unsaturated/α-hetero) is 1. The average molecular weight is 392 g/mol. The Labute approximate surface area is 167 Å². The fourth-order valence-electron chi connectivity index (χ4n) is 2.65. The van der Waals surface area contributed by atoms with Crippen LogP contribution in [-0.2, 0) is 20.9 Å². The van der Waals surface area contributed by atoms with Crippen LogP contribution >= 0.6 is 0 Å². The second kappa shape index (κ2) is 10.7. The molecular formula is C21H32N2O5. The van der Waals surface area contributed by atoms with Gasteiger partial charge in [0.1, 0.15) is 18.2 Å². The van der Waals surface area contributed by atoms with Crippen LogP contribution in [0.25, 0.3) is 0 Å². The largest absolute Gasteiger partial charge is 0.445 e. The molecule has 0 saturated carbocycles. The highest BCUT2D eigenvalue weighted by atomic mass is 16.6. The van der Waals surface area contributed by atoms with Gasteiger partial charge in [0, 0.05) is 13.1 Å². The van der Waals surface area contributed by atoms with Crippen molar-refractivity contribution in [2.45, 2.75) is 59.8 Å². The fourth-order valence-corrected chi connectivity index (χ4v) is 2.65. The summed E-state index contributed by atoms with van der Waals surface area (Å²) in [7, 11) is 0. The third-order valence-electron chi connectivity index (χ3n) is 3.94. The minimum absolute atomic E-state index is 0.0994. The SMILES string of the molecule is CC.CC(=O)C1CN(C(=O)OCc2ccccc2)CCN1C(=O)OC(C)(C)C. The van der Waals surface area contributed by atoms with E-state index < -0.39 is 23.8 Å². The van der Waals surface area contributed by atoms with Crippen LogP contribution in [0.2, 0.25) is 0 Å². The molecule has 0 spiro atoms. The zero-order valence-electron chi connectivity index (χ0n) is 17.7. The van der Waals surface area contributed by atoms with Gasteiger partial charge in [-0.3, -0.25) is 9.69 Å². The number of amides is 2. The van der Waals surface area contributed by atoms with E-state index in [9.17, 15) is 14.4 Å². The zero-order valence-corrected chi connectivity index (χ0v) is 17.7. The van der Waals surface area contributed by atoms with Crippen LogP contribution in [0.3, 0.4) is 0 Å². The molecule has 0 N–H and O–H groups in total. The lowest BCUT2D eigenvalue weighted by molar-refractivity contribution is -0.124. The van der Waals surface area contributed by atoms with Crippen molar-refractivity contribution in [3.63, 3.8) is 0 Å². The van der Waals surface area contributed by atoms with Gasteiger partial charge in [-0.15, -0.1) is 0 Å². The molecule has 1 unspecified atom stereocenters. The molecule has 1 saturated heterocycles. The summed E-state index contributed by atoms with van der Waals surface area (Å²) in [4.78, 5) is 39.5. The highest BCUT2D eigenvalue weighted by Gasteiger charge is 2.37. The summed E-state index contributed by atoms with van der Waals surface area (Å²) in [6.45, 7) is 11.5. The lowest BCUT2D eigenvalue weighted by Gasteiger charge is -2.40. The molecule has 7 nitrogen and oxygen atoms in total. The molecule has 0 aromatic heterocycles. The topological polar surface area (TPSA) is 76.2 Å². The standard InChI is InChI=1S/C19H26N2O5.C2H6/c1-14(22)16-12-20(10-11-21(16)18(24)26-19(2,3)4)17(23)25-13-15-8-6-5-7-9-15;1-2/h5-9,16H,10-13H2,1-4H3;1-2H3. The summed E-state index contributed by atoms with van der Waals surface area (Å²) in [5, 5.41) is 0. The van der Waals surface area contributed by atoms with Crippen molar-refractivity contribution in [2.75, 3.05) is 19.6 Å². The molecule has 28 heavy (non-hydrogen) atoms. The van der Waals surface area contributed by atoms with Crippen molar-refractivity contribution >= 4 is 18.0 Å². The molecule has 2 rings (SSSR count). The van der Waals surface area contributed by atoms with E-state index in [1.54, 1.807) is 20.8 Å². The molecule has 1 aromatic rings. The number of ketones is 1. The van der Waals surface area contributed by atoms with Crippen molar-refractivity contribution < 1.29 is 23.9 Å². The maximum absolute atomic E-state index is 12.3. The molecule has 0 radical (unpaired) electrons. The van der Waals surface area contributed by atoms with Crippen LogP contribution in [0.5, 0.6) is 0 Å². The van der Waals surface area contributed by atoms with E-state index >= 15 is 0 Å². The van der Waals surface area contributed by atoms with Crippen LogP contribution in [0, 0.1) is 0 Å². The third kappa shape index (κ3) is 7.21. The first-order valence-electron chi connectivity index (χ1n) is 9.63. The maximum Gasteiger partial charge on any atom is 0.411 e. The molecule has 1 heterocycles. The minimum Gasteiger partial charge on any atom is -0.445 e. The molecule has 1 aromatic carbocycles. The first kappa shape index (κ1) is 23.5. The second-order valence-corrected chi connectivity index (χ2v) is 7.29. The predicted molar refractivity (Wildman–Crippen MR) is 107 cm³/mol. The van der Waals surface area contributed by atoms with E-state index in [1.807, 2.05) is 44.2 Å². The number of piperazine rings is 1. The maximum atomic E-state index is 12.3. The predicted octanol–water partition coefficient (Wildman–Crippen LogP) is 3.86. The van der Waals surface area contributed by atoms with Crippen molar-refractivity contribution in [3.8, 4) is 0 Å². The Balaban J connectivity index is 0.00000190. The van der Waals surface area contributed by atoms with Gasteiger partial charge in [0.05, 0.1) is 6.54 Å². The molecule has 1 aliphatic rings. The summed E-state index contributed by atoms with van der Waals surface area (Å²) < 4.78 is 10.7. The number of ether oxygens (including phenoxy) is 2. The van der Waals surface area contributed by atoms with Gasteiger partial charge in [-0.05, 0) is 33.3 Å². The lowest BCUT2D eigenvalue weighted by Crippen LogP contribution is -2.59. The molecule has 1 atom stereocenters. The van der Waals surface area contributed by atoms with Gasteiger partial charge in [-0.2, -0.15) is 0 Å². The molecule has 0 bridgehead atoms. The quantitative estimate of drug-likeness (QED) is 0.781. The van der Waals surface area contributed by atoms with Crippen LogP contribution in [-0.4, -0.2) is 59.0 Å². The Hall–Kier alpha value is -2.57. The number of hydrogen-bond donors (Lipinski definition) is 0. The Morgan fingerprint density at radius 1 is 1.04 bits per heavy atom. The van der Waals surface area contributed by atoms with Crippen molar-refractivity contribution in [1.29, 1.82) is 0 Å². The number of benzene rings is 1. The van der Waals surface area contributed by atoms with Crippen molar-refractivity contribution in [2.24, 2.45) is 0 Å². The number of rotatable bonds is 3. The molecule has 1 fully saturated rings. The summed E-state index contributed by atoms with van der Waals surface area (Å²) in [6.07, 6.45) is -1.04. The van der Waals surface area contributed by atoms with Gasteiger partial charge < -0.3 is 14.4 Å². The summed E-state index contributed by atoms with van der Waals surface area (Å²) in [5.74, 6) is -0.198. The van der Waals surface area contributed by atoms with Gasteiger partial charge >= 0.3 is 12.2 Å². The Morgan fingerprint density at radius 2 is 1.64 bits per heavy atom. The van der Waals surface area contributed by atoms with E-state index in [-0.39, 0.29) is 32.0 Å². The number of hydrogen-bond acceptors (Lipinski definition) is 5. The Morgan fingerprint density at radius 3 is 2.18 bits per heavy atom. The average Bonchev–Trinajstić information content (AvgIpc) is 2.66. The molecule has 156 valence electrons. The highest BCUT2D eigenvalue weighted by molar-refractivity contribution is 5.86. The summed E-state index contributed by atoms with van der Waals surface area (Å²) in [5.41, 5.74) is 0.237. The van der Waals surface area contributed by atoms with Gasteiger partial charge in [-0.25, -0.2) is 9.59 Å². The molecule has 0 aliphatic carbocycles. The Kier molecular flexibility index (Phi) is 8.96. The highest BCUT2D eigenvalue weighted by Crippen LogP contribution is 2.17. The number of nitrogens with zero attached hydrogens (tertiary/aromatic N) is 2. The van der Waals surface area contributed by atoms with Crippen LogP contribution in [0.4, 0.5) is 9.59 Å². The monoisotopic (exact) mass is 392 g/mol. The van der Waals surface area contributed by atoms with E-state index in [0.717, 1.165) is 5.56 Å². The first-order valence-corrected chi connectivity index (χ1v) is 9.63. The zero-order chi connectivity index (χ0) is 21.3. The van der Waals surface area contributed by atoms with Crippen molar-refractivity contribution in [3.05, 3.63) is 35.9 Å². The summed E-state index contributed by atoms with van der Waals surface area (Å²) in [6, 6.07) is 8.63.